The summed E-state index contributed by atoms with van der Waals surface area (Å²) in [6.45, 7) is 4.57. The second kappa shape index (κ2) is 8.37. The molecule has 20 heavy (non-hydrogen) atoms. The van der Waals surface area contributed by atoms with E-state index in [1.165, 1.54) is 0 Å². The number of rotatable bonds is 7. The van der Waals surface area contributed by atoms with Gasteiger partial charge in [-0.2, -0.15) is 0 Å². The van der Waals surface area contributed by atoms with Crippen LogP contribution in [0.4, 0.5) is 0 Å². The first-order valence-electron chi connectivity index (χ1n) is 7.41. The fourth-order valence-corrected chi connectivity index (χ4v) is 2.34. The average Bonchev–Trinajstić information content (AvgIpc) is 2.52. The van der Waals surface area contributed by atoms with Crippen LogP contribution in [-0.4, -0.2) is 43.6 Å². The number of aliphatic hydroxyl groups is 1. The van der Waals surface area contributed by atoms with Crippen molar-refractivity contribution in [2.45, 2.75) is 38.0 Å². The van der Waals surface area contributed by atoms with Gasteiger partial charge in [-0.05, 0) is 25.3 Å². The third-order valence-corrected chi connectivity index (χ3v) is 3.67. The summed E-state index contributed by atoms with van der Waals surface area (Å²) in [5.41, 5.74) is 1.14. The molecule has 2 rings (SSSR count). The van der Waals surface area contributed by atoms with E-state index < -0.39 is 6.10 Å². The van der Waals surface area contributed by atoms with E-state index in [0.717, 1.165) is 31.6 Å². The molecular weight excluding hydrogens is 254 g/mol. The van der Waals surface area contributed by atoms with Gasteiger partial charge in [-0.15, -0.1) is 0 Å². The van der Waals surface area contributed by atoms with E-state index in [-0.39, 0.29) is 6.10 Å². The summed E-state index contributed by atoms with van der Waals surface area (Å²) in [7, 11) is 0. The molecule has 0 amide bonds. The molecule has 0 spiro atoms. The molecule has 1 heterocycles. The summed E-state index contributed by atoms with van der Waals surface area (Å²) in [6.07, 6.45) is 1.58. The zero-order valence-corrected chi connectivity index (χ0v) is 12.1. The molecule has 1 aromatic rings. The molecule has 1 aliphatic rings. The van der Waals surface area contributed by atoms with Crippen LogP contribution in [0.5, 0.6) is 0 Å². The zero-order valence-electron chi connectivity index (χ0n) is 12.1. The van der Waals surface area contributed by atoms with E-state index in [9.17, 15) is 5.11 Å². The fourth-order valence-electron chi connectivity index (χ4n) is 2.34. The Morgan fingerprint density at radius 3 is 2.70 bits per heavy atom. The Morgan fingerprint density at radius 1 is 1.30 bits per heavy atom. The molecule has 4 nitrogen and oxygen atoms in total. The highest BCUT2D eigenvalue weighted by Crippen LogP contribution is 2.16. The topological polar surface area (TPSA) is 50.7 Å². The molecule has 2 N–H and O–H groups in total. The van der Waals surface area contributed by atoms with Gasteiger partial charge in [0.05, 0.1) is 18.8 Å². The summed E-state index contributed by atoms with van der Waals surface area (Å²) >= 11 is 0. The molecular formula is C16H25NO3. The van der Waals surface area contributed by atoms with Crippen LogP contribution in [-0.2, 0) is 9.47 Å². The van der Waals surface area contributed by atoms with Gasteiger partial charge in [0.2, 0.25) is 0 Å². The maximum Gasteiger partial charge on any atom is 0.0898 e. The van der Waals surface area contributed by atoms with Crippen LogP contribution in [0.15, 0.2) is 30.3 Å². The van der Waals surface area contributed by atoms with Crippen LogP contribution in [0.2, 0.25) is 0 Å². The molecule has 0 saturated carbocycles. The van der Waals surface area contributed by atoms with Gasteiger partial charge >= 0.3 is 0 Å². The summed E-state index contributed by atoms with van der Waals surface area (Å²) in [5.74, 6) is 0. The molecule has 1 aliphatic heterocycles. The zero-order chi connectivity index (χ0) is 14.2. The molecule has 1 fully saturated rings. The number of nitrogens with one attached hydrogen (secondary N) is 1. The first-order valence-corrected chi connectivity index (χ1v) is 7.41. The van der Waals surface area contributed by atoms with Gasteiger partial charge in [0.25, 0.3) is 0 Å². The number of hydrogen-bond acceptors (Lipinski definition) is 4. The van der Waals surface area contributed by atoms with E-state index in [4.69, 9.17) is 9.47 Å². The summed E-state index contributed by atoms with van der Waals surface area (Å²) in [6, 6.07) is 10.5. The van der Waals surface area contributed by atoms with E-state index in [1.807, 2.05) is 37.3 Å². The van der Waals surface area contributed by atoms with Crippen LogP contribution in [0.1, 0.15) is 31.4 Å². The highest BCUT2D eigenvalue weighted by molar-refractivity contribution is 5.16. The van der Waals surface area contributed by atoms with Gasteiger partial charge in [0.1, 0.15) is 0 Å². The molecule has 112 valence electrons. The van der Waals surface area contributed by atoms with Gasteiger partial charge in [0, 0.05) is 25.8 Å². The largest absolute Gasteiger partial charge is 0.389 e. The van der Waals surface area contributed by atoms with Crippen molar-refractivity contribution < 1.29 is 14.6 Å². The molecule has 0 aromatic heterocycles. The minimum atomic E-state index is -0.469. The number of benzene rings is 1. The van der Waals surface area contributed by atoms with Crippen molar-refractivity contribution in [2.75, 3.05) is 26.4 Å². The lowest BCUT2D eigenvalue weighted by molar-refractivity contribution is -0.00504. The van der Waals surface area contributed by atoms with Crippen LogP contribution in [0.25, 0.3) is 0 Å². The van der Waals surface area contributed by atoms with E-state index >= 15 is 0 Å². The maximum atomic E-state index is 9.96. The van der Waals surface area contributed by atoms with Crippen LogP contribution in [0, 0.1) is 0 Å². The Hall–Kier alpha value is -0.940. The Kier molecular flexibility index (Phi) is 6.47. The second-order valence-electron chi connectivity index (χ2n) is 5.33. The Morgan fingerprint density at radius 2 is 2.00 bits per heavy atom. The third-order valence-electron chi connectivity index (χ3n) is 3.67. The van der Waals surface area contributed by atoms with Crippen molar-refractivity contribution in [1.29, 1.82) is 0 Å². The van der Waals surface area contributed by atoms with E-state index in [1.54, 1.807) is 0 Å². The number of ether oxygens (including phenoxy) is 2. The minimum Gasteiger partial charge on any atom is -0.389 e. The molecule has 0 radical (unpaired) electrons. The molecule has 4 heteroatoms. The van der Waals surface area contributed by atoms with E-state index in [2.05, 4.69) is 5.32 Å². The van der Waals surface area contributed by atoms with Crippen LogP contribution in [0.3, 0.4) is 0 Å². The predicted octanol–water partition coefficient (Wildman–Crippen LogP) is 1.89. The first kappa shape index (κ1) is 15.4. The van der Waals surface area contributed by atoms with Crippen molar-refractivity contribution in [3.63, 3.8) is 0 Å². The highest BCUT2D eigenvalue weighted by atomic mass is 16.5. The molecule has 1 saturated heterocycles. The highest BCUT2D eigenvalue weighted by Gasteiger charge is 2.15. The number of hydrogen-bond donors (Lipinski definition) is 2. The fraction of sp³-hybridized carbons (Fsp3) is 0.625. The third kappa shape index (κ3) is 5.21. The van der Waals surface area contributed by atoms with Crippen LogP contribution < -0.4 is 5.32 Å². The lowest BCUT2D eigenvalue weighted by Crippen LogP contribution is -2.40. The Labute approximate surface area is 121 Å². The molecule has 2 atom stereocenters. The summed E-state index contributed by atoms with van der Waals surface area (Å²) in [5, 5.41) is 13.3. The normalized spacial score (nSPS) is 19.7. The first-order chi connectivity index (χ1) is 9.75. The SMILES string of the molecule is CC(OCC(O)CNC1CCOCC1)c1ccccc1. The number of aliphatic hydroxyl groups excluding tert-OH is 1. The van der Waals surface area contributed by atoms with Gasteiger partial charge in [0.15, 0.2) is 0 Å². The second-order valence-corrected chi connectivity index (χ2v) is 5.33. The van der Waals surface area contributed by atoms with Gasteiger partial charge in [-0.25, -0.2) is 0 Å². The summed E-state index contributed by atoms with van der Waals surface area (Å²) < 4.78 is 11.0. The monoisotopic (exact) mass is 279 g/mol. The minimum absolute atomic E-state index is 0.00827. The van der Waals surface area contributed by atoms with Gasteiger partial charge in [-0.3, -0.25) is 0 Å². The maximum absolute atomic E-state index is 9.96. The van der Waals surface area contributed by atoms with E-state index in [0.29, 0.717) is 19.2 Å². The van der Waals surface area contributed by atoms with Crippen LogP contribution >= 0.6 is 0 Å². The average molecular weight is 279 g/mol. The van der Waals surface area contributed by atoms with Crippen molar-refractivity contribution in [3.05, 3.63) is 35.9 Å². The van der Waals surface area contributed by atoms with Crippen molar-refractivity contribution in [3.8, 4) is 0 Å². The molecule has 0 aliphatic carbocycles. The predicted molar refractivity (Wildman–Crippen MR) is 78.7 cm³/mol. The summed E-state index contributed by atoms with van der Waals surface area (Å²) in [4.78, 5) is 0. The van der Waals surface area contributed by atoms with Crippen molar-refractivity contribution >= 4 is 0 Å². The quantitative estimate of drug-likeness (QED) is 0.800. The molecule has 2 unspecified atom stereocenters. The van der Waals surface area contributed by atoms with Crippen molar-refractivity contribution in [1.82, 2.24) is 5.32 Å². The Bertz CT molecular complexity index is 365. The van der Waals surface area contributed by atoms with Gasteiger partial charge < -0.3 is 19.9 Å². The standard InChI is InChI=1S/C16H25NO3/c1-13(14-5-3-2-4-6-14)20-12-16(18)11-17-15-7-9-19-10-8-15/h2-6,13,15-18H,7-12H2,1H3. The van der Waals surface area contributed by atoms with Crippen molar-refractivity contribution in [2.24, 2.45) is 0 Å². The Balaban J connectivity index is 1.63. The molecule has 0 bridgehead atoms. The lowest BCUT2D eigenvalue weighted by Gasteiger charge is -2.25. The van der Waals surface area contributed by atoms with Gasteiger partial charge in [-0.1, -0.05) is 30.3 Å². The smallest absolute Gasteiger partial charge is 0.0898 e. The molecule has 1 aromatic carbocycles. The lowest BCUT2D eigenvalue weighted by atomic mass is 10.1.